The fourth-order valence-corrected chi connectivity index (χ4v) is 18.2. The van der Waals surface area contributed by atoms with Crippen LogP contribution in [0.15, 0.2) is 262 Å². The molecule has 0 aromatic heterocycles. The normalized spacial score (nSPS) is 15.8. The van der Waals surface area contributed by atoms with E-state index in [0.29, 0.717) is 0 Å². The Morgan fingerprint density at radius 3 is 1.20 bits per heavy atom. The Hall–Kier alpha value is -6.64. The molecule has 11 rings (SSSR count). The van der Waals surface area contributed by atoms with Gasteiger partial charge in [0.2, 0.25) is 0 Å². The van der Waals surface area contributed by atoms with Crippen LogP contribution in [0.3, 0.4) is 0 Å². The van der Waals surface area contributed by atoms with Crippen LogP contribution in [0.1, 0.15) is 22.3 Å². The molecule has 0 amide bonds. The number of fused-ring (bicyclic) bond motifs is 4. The maximum absolute atomic E-state index is 16.5. The molecule has 4 heteroatoms. The molecule has 0 bridgehead atoms. The highest BCUT2D eigenvalue weighted by atomic mass is 32.3. The maximum atomic E-state index is 16.5. The number of benzene rings is 9. The number of nitrogens with zero attached hydrogens (tertiary/aromatic N) is 1. The van der Waals surface area contributed by atoms with E-state index in [9.17, 15) is 0 Å². The van der Waals surface area contributed by atoms with E-state index in [4.69, 9.17) is 0 Å². The van der Waals surface area contributed by atoms with Crippen LogP contribution in [0.4, 0.5) is 17.1 Å². The van der Waals surface area contributed by atoms with Crippen LogP contribution in [-0.4, -0.2) is 0 Å². The Balaban J connectivity index is 1.11. The molecule has 0 aliphatic carbocycles. The van der Waals surface area contributed by atoms with Gasteiger partial charge in [-0.15, -0.1) is 10.0 Å². The predicted octanol–water partition coefficient (Wildman–Crippen LogP) is 13.1. The van der Waals surface area contributed by atoms with Crippen molar-refractivity contribution in [2.24, 2.45) is 0 Å². The van der Waals surface area contributed by atoms with Crippen LogP contribution >= 0.6 is 17.2 Å². The monoisotopic (exact) mass is 793 g/mol. The van der Waals surface area contributed by atoms with Crippen LogP contribution in [0.2, 0.25) is 0 Å². The van der Waals surface area contributed by atoms with Crippen molar-refractivity contribution in [1.29, 1.82) is 0 Å². The van der Waals surface area contributed by atoms with Crippen molar-refractivity contribution in [3.63, 3.8) is 0 Å². The first-order valence-electron chi connectivity index (χ1n) is 20.1. The van der Waals surface area contributed by atoms with Gasteiger partial charge in [-0.2, -0.15) is 0 Å². The molecule has 9 aromatic rings. The van der Waals surface area contributed by atoms with Crippen LogP contribution in [0.5, 0.6) is 0 Å². The molecule has 2 nitrogen and oxygen atoms in total. The van der Waals surface area contributed by atoms with Crippen LogP contribution in [0, 0.1) is 0 Å². The lowest BCUT2D eigenvalue weighted by Crippen LogP contribution is -2.37. The van der Waals surface area contributed by atoms with E-state index >= 15 is 4.57 Å². The SMILES string of the molecule is O=P1(c2ccc(N3c4ccccc4C(c4ccccc4)(c4ccccc4)c4ccccc43)cc2)c2ccccc2S(c2ccccc2)(c2ccccc2)c2ccccc21. The molecular formula is C55H40NOPS. The zero-order valence-electron chi connectivity index (χ0n) is 32.3. The Morgan fingerprint density at radius 2 is 0.746 bits per heavy atom. The third-order valence-corrected chi connectivity index (χ3v) is 19.7. The van der Waals surface area contributed by atoms with Crippen molar-refractivity contribution in [2.45, 2.75) is 25.0 Å². The van der Waals surface area contributed by atoms with Gasteiger partial charge in [0.25, 0.3) is 0 Å². The number of rotatable bonds is 6. The molecular weight excluding hydrogens is 754 g/mol. The third kappa shape index (κ3) is 5.05. The van der Waals surface area contributed by atoms with E-state index in [2.05, 4.69) is 248 Å². The van der Waals surface area contributed by atoms with E-state index in [0.717, 1.165) is 42.8 Å². The Bertz CT molecular complexity index is 2840. The highest BCUT2D eigenvalue weighted by Crippen LogP contribution is 2.77. The number of para-hydroxylation sites is 2. The second kappa shape index (κ2) is 14.0. The highest BCUT2D eigenvalue weighted by Gasteiger charge is 2.49. The summed E-state index contributed by atoms with van der Waals surface area (Å²) in [6.07, 6.45) is 0. The zero-order chi connectivity index (χ0) is 39.4. The zero-order valence-corrected chi connectivity index (χ0v) is 34.0. The molecule has 9 aromatic carbocycles. The van der Waals surface area contributed by atoms with Crippen LogP contribution in [0.25, 0.3) is 0 Å². The molecule has 0 atom stereocenters. The first-order chi connectivity index (χ1) is 29.2. The molecule has 0 fully saturated rings. The largest absolute Gasteiger partial charge is 0.310 e. The maximum Gasteiger partial charge on any atom is 0.173 e. The fraction of sp³-hybridized carbons (Fsp3) is 0.0182. The van der Waals surface area contributed by atoms with E-state index in [1.807, 2.05) is 0 Å². The lowest BCUT2D eigenvalue weighted by atomic mass is 9.62. The molecule has 0 spiro atoms. The molecule has 282 valence electrons. The van der Waals surface area contributed by atoms with Gasteiger partial charge in [0.15, 0.2) is 7.14 Å². The minimum Gasteiger partial charge on any atom is -0.310 e. The smallest absolute Gasteiger partial charge is 0.173 e. The summed E-state index contributed by atoms with van der Waals surface area (Å²) in [5.74, 6) is 0. The number of anilines is 3. The van der Waals surface area contributed by atoms with Gasteiger partial charge in [-0.25, -0.2) is 0 Å². The quantitative estimate of drug-likeness (QED) is 0.156. The van der Waals surface area contributed by atoms with Gasteiger partial charge in [0, 0.05) is 41.2 Å². The topological polar surface area (TPSA) is 20.3 Å². The summed E-state index contributed by atoms with van der Waals surface area (Å²) in [5, 5.41) is 2.66. The lowest BCUT2D eigenvalue weighted by molar-refractivity contribution is 0.591. The summed E-state index contributed by atoms with van der Waals surface area (Å²) in [7, 11) is -5.34. The van der Waals surface area contributed by atoms with E-state index in [-0.39, 0.29) is 0 Å². The molecule has 59 heavy (non-hydrogen) atoms. The summed E-state index contributed by atoms with van der Waals surface area (Å²) >= 11 is 0. The first kappa shape index (κ1) is 35.5. The summed E-state index contributed by atoms with van der Waals surface area (Å²) < 4.78 is 16.5. The molecule has 0 unspecified atom stereocenters. The standard InChI is InChI=1S/C55H40NOPS/c57-58(51-33-17-19-35-53(51)59(45-25-9-3-10-26-45,46-27-11-4-12-28-46)54-36-20-18-34-52(54)58)44-39-37-43(38-40-44)56-49-31-15-13-29-47(49)55(41-21-5-1-6-22-41,42-23-7-2-8-24-42)48-30-14-16-32-50(48)56/h1-40H. The van der Waals surface area contributed by atoms with Gasteiger partial charge < -0.3 is 9.46 Å². The van der Waals surface area contributed by atoms with Crippen molar-refractivity contribution in [1.82, 2.24) is 0 Å². The van der Waals surface area contributed by atoms with Crippen LogP contribution < -0.4 is 20.8 Å². The molecule has 2 heterocycles. The van der Waals surface area contributed by atoms with Crippen molar-refractivity contribution in [2.75, 3.05) is 4.90 Å². The van der Waals surface area contributed by atoms with E-state index in [1.54, 1.807) is 0 Å². The van der Waals surface area contributed by atoms with Gasteiger partial charge in [-0.1, -0.05) is 158 Å². The Kier molecular flexibility index (Phi) is 8.44. The van der Waals surface area contributed by atoms with Gasteiger partial charge in [-0.05, 0) is 107 Å². The van der Waals surface area contributed by atoms with Gasteiger partial charge >= 0.3 is 0 Å². The number of hydrogen-bond donors (Lipinski definition) is 0. The van der Waals surface area contributed by atoms with Crippen molar-refractivity contribution < 1.29 is 4.57 Å². The summed E-state index contributed by atoms with van der Waals surface area (Å²) in [6.45, 7) is 0. The number of hydrogen-bond acceptors (Lipinski definition) is 2. The minimum absolute atomic E-state index is 0.543. The predicted molar refractivity (Wildman–Crippen MR) is 246 cm³/mol. The lowest BCUT2D eigenvalue weighted by Gasteiger charge is -2.48. The Labute approximate surface area is 347 Å². The fourth-order valence-electron chi connectivity index (χ4n) is 9.87. The molecule has 2 aliphatic heterocycles. The summed E-state index contributed by atoms with van der Waals surface area (Å²) in [4.78, 5) is 7.13. The summed E-state index contributed by atoms with van der Waals surface area (Å²) in [6, 6.07) is 86.8. The molecule has 0 radical (unpaired) electrons. The molecule has 2 aliphatic rings. The van der Waals surface area contributed by atoms with Crippen molar-refractivity contribution in [3.8, 4) is 0 Å². The highest BCUT2D eigenvalue weighted by molar-refractivity contribution is 8.34. The third-order valence-electron chi connectivity index (χ3n) is 12.2. The minimum atomic E-state index is -3.36. The van der Waals surface area contributed by atoms with Crippen LogP contribution in [-0.2, 0) is 9.98 Å². The van der Waals surface area contributed by atoms with Gasteiger partial charge in [0.1, 0.15) is 0 Å². The Morgan fingerprint density at radius 1 is 0.373 bits per heavy atom. The van der Waals surface area contributed by atoms with E-state index in [1.165, 1.54) is 32.0 Å². The first-order valence-corrected chi connectivity index (χ1v) is 23.5. The summed E-state index contributed by atoms with van der Waals surface area (Å²) in [5.41, 5.74) is 7.57. The van der Waals surface area contributed by atoms with Crippen molar-refractivity contribution >= 4 is 50.1 Å². The van der Waals surface area contributed by atoms with Gasteiger partial charge in [0.05, 0.1) is 16.8 Å². The average molecular weight is 794 g/mol. The van der Waals surface area contributed by atoms with Crippen molar-refractivity contribution in [3.05, 3.63) is 265 Å². The second-order valence-electron chi connectivity index (χ2n) is 15.2. The average Bonchev–Trinajstić information content (AvgIpc) is 3.32. The van der Waals surface area contributed by atoms with E-state index < -0.39 is 22.6 Å². The molecule has 0 N–H and O–H groups in total. The molecule has 0 saturated heterocycles. The second-order valence-corrected chi connectivity index (χ2v) is 20.9. The van der Waals surface area contributed by atoms with Gasteiger partial charge in [-0.3, -0.25) is 0 Å². The molecule has 0 saturated carbocycles.